The molecule has 6 nitrogen and oxygen atoms in total. The third kappa shape index (κ3) is 3.20. The van der Waals surface area contributed by atoms with Crippen LogP contribution >= 0.6 is 0 Å². The lowest BCUT2D eigenvalue weighted by Gasteiger charge is -2.24. The topological polar surface area (TPSA) is 72.7 Å². The highest BCUT2D eigenvalue weighted by atomic mass is 16.6. The lowest BCUT2D eigenvalue weighted by molar-refractivity contribution is -0.528. The quantitative estimate of drug-likeness (QED) is 0.469. The molecule has 0 aliphatic carbocycles. The zero-order valence-corrected chi connectivity index (χ0v) is 14.8. The molecule has 2 aromatic carbocycles. The smallest absolute Gasteiger partial charge is 0.324 e. The Balaban J connectivity index is 2.13. The summed E-state index contributed by atoms with van der Waals surface area (Å²) in [6.07, 6.45) is 0. The normalized spacial score (nSPS) is 25.8. The summed E-state index contributed by atoms with van der Waals surface area (Å²) < 4.78 is 5.26. The number of benzene rings is 2. The second-order valence-corrected chi connectivity index (χ2v) is 6.43. The SMILES string of the molecule is CCOC(=O)[C@H]1[C@@H](c2ccccc2)[C@H]([N+](=O)[O-])[C@@H](c2ccccc2)N1C. The molecule has 0 saturated carbocycles. The largest absolute Gasteiger partial charge is 0.465 e. The van der Waals surface area contributed by atoms with Crippen molar-refractivity contribution in [1.82, 2.24) is 4.90 Å². The maximum Gasteiger partial charge on any atom is 0.324 e. The Labute approximate surface area is 152 Å². The monoisotopic (exact) mass is 354 g/mol. The molecule has 0 aromatic heterocycles. The summed E-state index contributed by atoms with van der Waals surface area (Å²) >= 11 is 0. The summed E-state index contributed by atoms with van der Waals surface area (Å²) in [6.45, 7) is 1.98. The molecule has 0 radical (unpaired) electrons. The molecular formula is C20H22N2O4. The lowest BCUT2D eigenvalue weighted by atomic mass is 9.85. The van der Waals surface area contributed by atoms with Crippen LogP contribution in [-0.4, -0.2) is 41.5 Å². The Kier molecular flexibility index (Phi) is 5.32. The van der Waals surface area contributed by atoms with Crippen LogP contribution in [0.1, 0.15) is 30.0 Å². The predicted molar refractivity (Wildman–Crippen MR) is 97.3 cm³/mol. The Morgan fingerprint density at radius 1 is 1.08 bits per heavy atom. The van der Waals surface area contributed by atoms with Gasteiger partial charge in [0.2, 0.25) is 6.04 Å². The molecule has 26 heavy (non-hydrogen) atoms. The van der Waals surface area contributed by atoms with E-state index in [1.165, 1.54) is 0 Å². The standard InChI is InChI=1S/C20H22N2O4/c1-3-26-20(23)19-16(14-10-6-4-7-11-14)18(22(24)25)17(21(19)2)15-12-8-5-9-13-15/h4-13,16-19H,3H2,1-2H3/t16-,17+,18-,19+/m0/s1. The van der Waals surface area contributed by atoms with Crippen molar-refractivity contribution in [3.05, 3.63) is 81.9 Å². The van der Waals surface area contributed by atoms with Gasteiger partial charge in [-0.2, -0.15) is 0 Å². The van der Waals surface area contributed by atoms with Gasteiger partial charge in [0.05, 0.1) is 12.5 Å². The van der Waals surface area contributed by atoms with Gasteiger partial charge in [-0.1, -0.05) is 60.7 Å². The van der Waals surface area contributed by atoms with Crippen molar-refractivity contribution < 1.29 is 14.5 Å². The number of carbonyl (C=O) groups excluding carboxylic acids is 1. The van der Waals surface area contributed by atoms with Gasteiger partial charge in [-0.25, -0.2) is 0 Å². The molecular weight excluding hydrogens is 332 g/mol. The van der Waals surface area contributed by atoms with E-state index in [1.54, 1.807) is 18.9 Å². The van der Waals surface area contributed by atoms with Crippen LogP contribution in [0.5, 0.6) is 0 Å². The summed E-state index contributed by atoms with van der Waals surface area (Å²) in [4.78, 5) is 26.3. The van der Waals surface area contributed by atoms with Crippen molar-refractivity contribution in [1.29, 1.82) is 0 Å². The lowest BCUT2D eigenvalue weighted by Crippen LogP contribution is -2.38. The number of likely N-dealkylation sites (N-methyl/N-ethyl adjacent to an activating group) is 1. The fourth-order valence-corrected chi connectivity index (χ4v) is 3.97. The average Bonchev–Trinajstić information content (AvgIpc) is 2.97. The fraction of sp³-hybridized carbons (Fsp3) is 0.350. The highest BCUT2D eigenvalue weighted by Crippen LogP contribution is 2.46. The number of hydrogen-bond acceptors (Lipinski definition) is 5. The minimum absolute atomic E-state index is 0.240. The molecule has 4 atom stereocenters. The van der Waals surface area contributed by atoms with Gasteiger partial charge >= 0.3 is 5.97 Å². The van der Waals surface area contributed by atoms with E-state index in [-0.39, 0.29) is 11.5 Å². The predicted octanol–water partition coefficient (Wildman–Crippen LogP) is 3.03. The minimum Gasteiger partial charge on any atom is -0.465 e. The van der Waals surface area contributed by atoms with Gasteiger partial charge in [0.1, 0.15) is 12.1 Å². The van der Waals surface area contributed by atoms with Crippen LogP contribution in [0.2, 0.25) is 0 Å². The van der Waals surface area contributed by atoms with Gasteiger partial charge in [0.15, 0.2) is 0 Å². The second-order valence-electron chi connectivity index (χ2n) is 6.43. The number of likely N-dealkylation sites (tertiary alicyclic amines) is 1. The van der Waals surface area contributed by atoms with Crippen LogP contribution in [0.4, 0.5) is 0 Å². The van der Waals surface area contributed by atoms with E-state index in [1.807, 2.05) is 60.7 Å². The number of esters is 1. The third-order valence-corrected chi connectivity index (χ3v) is 5.01. The number of nitrogens with zero attached hydrogens (tertiary/aromatic N) is 2. The van der Waals surface area contributed by atoms with Crippen LogP contribution < -0.4 is 0 Å². The van der Waals surface area contributed by atoms with Crippen molar-refractivity contribution in [2.75, 3.05) is 13.7 Å². The molecule has 136 valence electrons. The zero-order chi connectivity index (χ0) is 18.7. The maximum atomic E-state index is 12.7. The molecule has 1 aliphatic heterocycles. The van der Waals surface area contributed by atoms with Crippen LogP contribution in [0.15, 0.2) is 60.7 Å². The van der Waals surface area contributed by atoms with Gasteiger partial charge in [-0.15, -0.1) is 0 Å². The molecule has 2 aromatic rings. The first-order valence-electron chi connectivity index (χ1n) is 8.68. The van der Waals surface area contributed by atoms with Crippen LogP contribution in [0, 0.1) is 10.1 Å². The van der Waals surface area contributed by atoms with Crippen molar-refractivity contribution in [3.63, 3.8) is 0 Å². The van der Waals surface area contributed by atoms with Gasteiger partial charge in [-0.3, -0.25) is 19.8 Å². The third-order valence-electron chi connectivity index (χ3n) is 5.01. The molecule has 0 spiro atoms. The Hall–Kier alpha value is -2.73. The molecule has 0 N–H and O–H groups in total. The van der Waals surface area contributed by atoms with Crippen molar-refractivity contribution in [2.24, 2.45) is 0 Å². The molecule has 0 bridgehead atoms. The molecule has 1 fully saturated rings. The van der Waals surface area contributed by atoms with E-state index >= 15 is 0 Å². The first-order chi connectivity index (χ1) is 12.6. The fourth-order valence-electron chi connectivity index (χ4n) is 3.97. The molecule has 1 aliphatic rings. The molecule has 0 unspecified atom stereocenters. The van der Waals surface area contributed by atoms with Crippen LogP contribution in [0.3, 0.4) is 0 Å². The molecule has 3 rings (SSSR count). The van der Waals surface area contributed by atoms with E-state index < -0.39 is 30.0 Å². The average molecular weight is 354 g/mol. The zero-order valence-electron chi connectivity index (χ0n) is 14.8. The van der Waals surface area contributed by atoms with E-state index in [4.69, 9.17) is 4.74 Å². The van der Waals surface area contributed by atoms with E-state index in [2.05, 4.69) is 0 Å². The van der Waals surface area contributed by atoms with E-state index in [0.717, 1.165) is 11.1 Å². The number of ether oxygens (including phenoxy) is 1. The summed E-state index contributed by atoms with van der Waals surface area (Å²) in [5.74, 6) is -1.01. The number of rotatable bonds is 5. The van der Waals surface area contributed by atoms with E-state index in [0.29, 0.717) is 0 Å². The van der Waals surface area contributed by atoms with Gasteiger partial charge in [-0.05, 0) is 25.1 Å². The summed E-state index contributed by atoms with van der Waals surface area (Å²) in [7, 11) is 1.76. The first kappa shape index (κ1) is 18.1. The molecule has 6 heteroatoms. The molecule has 1 heterocycles. The molecule has 1 saturated heterocycles. The highest BCUT2D eigenvalue weighted by Gasteiger charge is 2.58. The second kappa shape index (κ2) is 7.66. The van der Waals surface area contributed by atoms with Crippen molar-refractivity contribution in [2.45, 2.75) is 31.0 Å². The Morgan fingerprint density at radius 3 is 2.12 bits per heavy atom. The summed E-state index contributed by atoms with van der Waals surface area (Å²) in [5, 5.41) is 12.1. The first-order valence-corrected chi connectivity index (χ1v) is 8.68. The Bertz CT molecular complexity index is 766. The molecule has 0 amide bonds. The summed E-state index contributed by atoms with van der Waals surface area (Å²) in [6, 6.07) is 16.4. The number of carbonyl (C=O) groups is 1. The van der Waals surface area contributed by atoms with Crippen molar-refractivity contribution in [3.8, 4) is 0 Å². The van der Waals surface area contributed by atoms with Gasteiger partial charge in [0, 0.05) is 4.92 Å². The van der Waals surface area contributed by atoms with E-state index in [9.17, 15) is 14.9 Å². The number of hydrogen-bond donors (Lipinski definition) is 0. The highest BCUT2D eigenvalue weighted by molar-refractivity contribution is 5.78. The Morgan fingerprint density at radius 2 is 1.62 bits per heavy atom. The number of nitro groups is 1. The maximum absolute atomic E-state index is 12.7. The van der Waals surface area contributed by atoms with Crippen molar-refractivity contribution >= 4 is 5.97 Å². The minimum atomic E-state index is -0.945. The van der Waals surface area contributed by atoms with Gasteiger partial charge in [0.25, 0.3) is 0 Å². The summed E-state index contributed by atoms with van der Waals surface area (Å²) in [5.41, 5.74) is 1.60. The van der Waals surface area contributed by atoms with Crippen LogP contribution in [-0.2, 0) is 9.53 Å². The van der Waals surface area contributed by atoms with Gasteiger partial charge < -0.3 is 4.74 Å². The van der Waals surface area contributed by atoms with Crippen LogP contribution in [0.25, 0.3) is 0 Å².